The van der Waals surface area contributed by atoms with Crippen LogP contribution in [0.15, 0.2) is 186 Å². The third-order valence-electron chi connectivity index (χ3n) is 11.4. The maximum absolute atomic E-state index is 10.3. The summed E-state index contributed by atoms with van der Waals surface area (Å²) in [6.07, 6.45) is 0. The number of hydrogen-bond acceptors (Lipinski definition) is 5. The van der Waals surface area contributed by atoms with E-state index in [2.05, 4.69) is 94.1 Å². The van der Waals surface area contributed by atoms with Crippen molar-refractivity contribution in [1.82, 2.24) is 24.1 Å². The van der Waals surface area contributed by atoms with Crippen LogP contribution in [-0.4, -0.2) is 24.1 Å². The SMILES string of the molecule is N#Cc1ccccc1-c1cc(-n2c3ccccc3c3ccc4c5ccccc5n(-c5nc(-c6ccccc6)nc(-c6ccccc6)n5)c4c32)cc2c1oc1ccccc12. The van der Waals surface area contributed by atoms with Gasteiger partial charge in [0.2, 0.25) is 5.95 Å². The van der Waals surface area contributed by atoms with E-state index in [0.29, 0.717) is 23.2 Å². The van der Waals surface area contributed by atoms with Crippen molar-refractivity contribution in [3.63, 3.8) is 0 Å². The van der Waals surface area contributed by atoms with E-state index in [1.807, 2.05) is 103 Å². The zero-order valence-corrected chi connectivity index (χ0v) is 31.4. The fraction of sp³-hybridized carbons (Fsp3) is 0. The number of nitriles is 1. The van der Waals surface area contributed by atoms with E-state index in [1.165, 1.54) is 0 Å². The van der Waals surface area contributed by atoms with Crippen molar-refractivity contribution >= 4 is 65.6 Å². The van der Waals surface area contributed by atoms with Gasteiger partial charge in [-0.2, -0.15) is 15.2 Å². The van der Waals surface area contributed by atoms with Gasteiger partial charge in [0.25, 0.3) is 0 Å². The van der Waals surface area contributed by atoms with Gasteiger partial charge in [-0.3, -0.25) is 4.57 Å². The summed E-state index contributed by atoms with van der Waals surface area (Å²) in [5.41, 5.74) is 10.5. The number of furan rings is 1. The molecule has 0 aliphatic carbocycles. The Labute approximate surface area is 337 Å². The third kappa shape index (κ3) is 4.97. The Balaban J connectivity index is 1.26. The van der Waals surface area contributed by atoms with Gasteiger partial charge in [-0.1, -0.05) is 146 Å². The van der Waals surface area contributed by atoms with Crippen LogP contribution in [0.2, 0.25) is 0 Å². The van der Waals surface area contributed by atoms with Crippen molar-refractivity contribution in [1.29, 1.82) is 5.26 Å². The molecule has 7 heteroatoms. The molecular formula is C52H30N6O. The second-order valence-electron chi connectivity index (χ2n) is 14.7. The molecule has 0 saturated heterocycles. The number of benzene rings is 8. The van der Waals surface area contributed by atoms with Crippen molar-refractivity contribution < 1.29 is 4.42 Å². The Morgan fingerprint density at radius 1 is 0.441 bits per heavy atom. The van der Waals surface area contributed by atoms with Crippen molar-refractivity contribution in [3.8, 4) is 51.6 Å². The maximum atomic E-state index is 10.3. The zero-order valence-electron chi connectivity index (χ0n) is 31.4. The minimum atomic E-state index is 0.521. The molecule has 0 atom stereocenters. The molecule has 0 radical (unpaired) electrons. The highest BCUT2D eigenvalue weighted by Gasteiger charge is 2.25. The molecule has 59 heavy (non-hydrogen) atoms. The monoisotopic (exact) mass is 754 g/mol. The summed E-state index contributed by atoms with van der Waals surface area (Å²) >= 11 is 0. The molecule has 12 aromatic rings. The molecular weight excluding hydrogens is 725 g/mol. The van der Waals surface area contributed by atoms with Crippen LogP contribution in [0, 0.1) is 11.3 Å². The number of fused-ring (bicyclic) bond motifs is 10. The highest BCUT2D eigenvalue weighted by Crippen LogP contribution is 2.44. The molecule has 0 fully saturated rings. The van der Waals surface area contributed by atoms with Crippen LogP contribution in [0.5, 0.6) is 0 Å². The van der Waals surface area contributed by atoms with Crippen molar-refractivity contribution in [2.24, 2.45) is 0 Å². The summed E-state index contributed by atoms with van der Waals surface area (Å²) in [5, 5.41) is 16.7. The van der Waals surface area contributed by atoms with Crippen LogP contribution >= 0.6 is 0 Å². The molecule has 274 valence electrons. The highest BCUT2D eigenvalue weighted by molar-refractivity contribution is 6.24. The molecule has 0 aliphatic rings. The Morgan fingerprint density at radius 3 is 1.64 bits per heavy atom. The van der Waals surface area contributed by atoms with Gasteiger partial charge in [0.1, 0.15) is 11.2 Å². The molecule has 0 bridgehead atoms. The first-order valence-corrected chi connectivity index (χ1v) is 19.5. The van der Waals surface area contributed by atoms with Crippen molar-refractivity contribution in [2.75, 3.05) is 0 Å². The van der Waals surface area contributed by atoms with Gasteiger partial charge in [-0.25, -0.2) is 4.98 Å². The smallest absolute Gasteiger partial charge is 0.238 e. The predicted molar refractivity (Wildman–Crippen MR) is 237 cm³/mol. The third-order valence-corrected chi connectivity index (χ3v) is 11.4. The Hall–Kier alpha value is -8.34. The van der Waals surface area contributed by atoms with Gasteiger partial charge < -0.3 is 8.98 Å². The minimum Gasteiger partial charge on any atom is -0.455 e. The molecule has 0 amide bonds. The van der Waals surface area contributed by atoms with Crippen LogP contribution in [-0.2, 0) is 0 Å². The first-order chi connectivity index (χ1) is 29.2. The van der Waals surface area contributed by atoms with E-state index in [0.717, 1.165) is 93.5 Å². The van der Waals surface area contributed by atoms with Crippen LogP contribution < -0.4 is 0 Å². The molecule has 8 aromatic carbocycles. The summed E-state index contributed by atoms with van der Waals surface area (Å²) in [6.45, 7) is 0. The summed E-state index contributed by atoms with van der Waals surface area (Å²) in [6, 6.07) is 64.3. The largest absolute Gasteiger partial charge is 0.455 e. The Bertz CT molecular complexity index is 3630. The van der Waals surface area contributed by atoms with Crippen molar-refractivity contribution in [3.05, 3.63) is 188 Å². The summed E-state index contributed by atoms with van der Waals surface area (Å²) in [7, 11) is 0. The molecule has 4 heterocycles. The molecule has 0 spiro atoms. The standard InChI is InChI=1S/C52H30N6O/c53-31-34-19-7-8-20-36(34)42-29-35(30-43-39-23-11-14-26-46(39)59-49(42)43)57-44-24-12-9-21-37(44)40-27-28-41-38-22-10-13-25-45(38)58(48(41)47(40)57)52-55-50(32-15-3-1-4-16-32)54-51(56-52)33-17-5-2-6-18-33/h1-30H. The van der Waals surface area contributed by atoms with Crippen LogP contribution in [0.4, 0.5) is 0 Å². The first kappa shape index (κ1) is 32.9. The normalized spacial score (nSPS) is 11.7. The molecule has 0 unspecified atom stereocenters. The lowest BCUT2D eigenvalue weighted by molar-refractivity contribution is 0.670. The fourth-order valence-electron chi connectivity index (χ4n) is 8.83. The fourth-order valence-corrected chi connectivity index (χ4v) is 8.83. The Morgan fingerprint density at radius 2 is 0.983 bits per heavy atom. The van der Waals surface area contributed by atoms with E-state index in [9.17, 15) is 5.26 Å². The minimum absolute atomic E-state index is 0.521. The van der Waals surface area contributed by atoms with Crippen molar-refractivity contribution in [2.45, 2.75) is 0 Å². The number of rotatable bonds is 5. The highest BCUT2D eigenvalue weighted by atomic mass is 16.3. The van der Waals surface area contributed by atoms with E-state index in [1.54, 1.807) is 0 Å². The van der Waals surface area contributed by atoms with E-state index in [-0.39, 0.29) is 0 Å². The number of hydrogen-bond donors (Lipinski definition) is 0. The average Bonchev–Trinajstić information content (AvgIpc) is 3.97. The van der Waals surface area contributed by atoms with Gasteiger partial charge in [0, 0.05) is 60.3 Å². The molecule has 4 aromatic heterocycles. The van der Waals surface area contributed by atoms with E-state index in [4.69, 9.17) is 19.4 Å². The van der Waals surface area contributed by atoms with Crippen LogP contribution in [0.25, 0.3) is 111 Å². The lowest BCUT2D eigenvalue weighted by Gasteiger charge is -2.15. The van der Waals surface area contributed by atoms with Gasteiger partial charge in [-0.05, 0) is 36.4 Å². The van der Waals surface area contributed by atoms with Gasteiger partial charge in [-0.15, -0.1) is 0 Å². The molecule has 12 rings (SSSR count). The summed E-state index contributed by atoms with van der Waals surface area (Å²) in [5.74, 6) is 1.70. The number of para-hydroxylation sites is 3. The average molecular weight is 755 g/mol. The summed E-state index contributed by atoms with van der Waals surface area (Å²) in [4.78, 5) is 15.6. The van der Waals surface area contributed by atoms with Gasteiger partial charge in [0.05, 0.1) is 33.7 Å². The first-order valence-electron chi connectivity index (χ1n) is 19.5. The molecule has 0 aliphatic heterocycles. The van der Waals surface area contributed by atoms with E-state index < -0.39 is 0 Å². The second-order valence-corrected chi connectivity index (χ2v) is 14.7. The second kappa shape index (κ2) is 12.8. The molecule has 0 N–H and O–H groups in total. The molecule has 7 nitrogen and oxygen atoms in total. The summed E-state index contributed by atoms with van der Waals surface area (Å²) < 4.78 is 11.2. The maximum Gasteiger partial charge on any atom is 0.238 e. The predicted octanol–water partition coefficient (Wildman–Crippen LogP) is 12.8. The van der Waals surface area contributed by atoms with Crippen LogP contribution in [0.1, 0.15) is 5.56 Å². The zero-order chi connectivity index (χ0) is 39.0. The van der Waals surface area contributed by atoms with Gasteiger partial charge >= 0.3 is 0 Å². The van der Waals surface area contributed by atoms with Gasteiger partial charge in [0.15, 0.2) is 11.6 Å². The Kier molecular flexibility index (Phi) is 7.16. The number of nitrogens with zero attached hydrogens (tertiary/aromatic N) is 6. The lowest BCUT2D eigenvalue weighted by Crippen LogP contribution is -2.07. The van der Waals surface area contributed by atoms with Crippen LogP contribution in [0.3, 0.4) is 0 Å². The quantitative estimate of drug-likeness (QED) is 0.175. The molecule has 0 saturated carbocycles. The topological polar surface area (TPSA) is 85.5 Å². The lowest BCUT2D eigenvalue weighted by atomic mass is 9.97. The van der Waals surface area contributed by atoms with E-state index >= 15 is 0 Å². The number of aromatic nitrogens is 5.